The lowest BCUT2D eigenvalue weighted by Crippen LogP contribution is -2.66. The van der Waals surface area contributed by atoms with Crippen molar-refractivity contribution >= 4 is 20.5 Å². The van der Waals surface area contributed by atoms with Gasteiger partial charge >= 0.3 is 0 Å². The van der Waals surface area contributed by atoms with Crippen LogP contribution in [0.2, 0.25) is 0 Å². The second-order valence-corrected chi connectivity index (χ2v) is 11.4. The summed E-state index contributed by atoms with van der Waals surface area (Å²) in [6, 6.07) is 27.7. The molecule has 3 aromatic rings. The second kappa shape index (κ2) is 11.0. The smallest absolute Gasteiger partial charge is 0.297 e. The Labute approximate surface area is 207 Å². The van der Waals surface area contributed by atoms with Crippen molar-refractivity contribution in [3.8, 4) is 0 Å². The van der Waals surface area contributed by atoms with Gasteiger partial charge in [-0.1, -0.05) is 78.4 Å². The van der Waals surface area contributed by atoms with Crippen LogP contribution in [0.1, 0.15) is 22.7 Å². The predicted octanol–water partition coefficient (Wildman–Crippen LogP) is 3.41. The molecule has 1 saturated heterocycles. The molecule has 0 aliphatic carbocycles. The first-order valence-electron chi connectivity index (χ1n) is 10.9. The van der Waals surface area contributed by atoms with Crippen molar-refractivity contribution in [3.05, 3.63) is 102 Å². The van der Waals surface area contributed by atoms with Gasteiger partial charge in [0.25, 0.3) is 10.1 Å². The fourth-order valence-electron chi connectivity index (χ4n) is 4.27. The van der Waals surface area contributed by atoms with Crippen molar-refractivity contribution in [3.63, 3.8) is 0 Å². The normalized spacial score (nSPS) is 20.0. The first kappa shape index (κ1) is 27.0. The minimum Gasteiger partial charge on any atom is -0.726 e. The summed E-state index contributed by atoms with van der Waals surface area (Å²) in [5.41, 5.74) is 3.47. The highest BCUT2D eigenvalue weighted by molar-refractivity contribution is 7.86. The van der Waals surface area contributed by atoms with Crippen LogP contribution in [0.3, 0.4) is 0 Å². The van der Waals surface area contributed by atoms with E-state index in [0.29, 0.717) is 17.6 Å². The Kier molecular flexibility index (Phi) is 8.47. The highest BCUT2D eigenvalue weighted by Gasteiger charge is 2.49. The van der Waals surface area contributed by atoms with Crippen molar-refractivity contribution in [2.24, 2.45) is 0 Å². The van der Waals surface area contributed by atoms with Gasteiger partial charge in [0, 0.05) is 11.1 Å². The standard InChI is InChI=1S/C24H26NO3S.CH4O4S/c1-19-13-15-23(16-14-19)29(26,27)28-22-17-25(2,18-22)24(20-9-5-3-6-10-20)21-11-7-4-8-12-21;1-5-6(2,3)4/h3-16,22,24H,17-18H2,1-2H3;1H3,(H,2,3,4)/q+1;/p-1. The van der Waals surface area contributed by atoms with Crippen LogP contribution in [0, 0.1) is 6.92 Å². The second-order valence-electron chi connectivity index (χ2n) is 8.63. The zero-order valence-corrected chi connectivity index (χ0v) is 21.4. The van der Waals surface area contributed by atoms with Gasteiger partial charge in [0.2, 0.25) is 10.4 Å². The van der Waals surface area contributed by atoms with Gasteiger partial charge in [0.15, 0.2) is 6.10 Å². The summed E-state index contributed by atoms with van der Waals surface area (Å²) in [4.78, 5) is 0.215. The maximum Gasteiger partial charge on any atom is 0.297 e. The van der Waals surface area contributed by atoms with Gasteiger partial charge in [-0.05, 0) is 19.1 Å². The molecule has 0 radical (unpaired) electrons. The number of likely N-dealkylation sites (N-methyl/N-ethyl adjacent to an activating group) is 1. The van der Waals surface area contributed by atoms with Crippen molar-refractivity contribution in [1.29, 1.82) is 0 Å². The third-order valence-electron chi connectivity index (χ3n) is 5.87. The van der Waals surface area contributed by atoms with E-state index in [1.807, 2.05) is 43.3 Å². The zero-order chi connectivity index (χ0) is 25.7. The van der Waals surface area contributed by atoms with Crippen LogP contribution in [0.15, 0.2) is 89.8 Å². The third-order valence-corrected chi connectivity index (χ3v) is 7.66. The Morgan fingerprint density at radius 1 is 0.829 bits per heavy atom. The molecule has 8 nitrogen and oxygen atoms in total. The number of hydrogen-bond donors (Lipinski definition) is 0. The maximum absolute atomic E-state index is 12.6. The minimum absolute atomic E-state index is 0.138. The van der Waals surface area contributed by atoms with Crippen LogP contribution in [0.25, 0.3) is 0 Å². The van der Waals surface area contributed by atoms with Gasteiger partial charge in [-0.2, -0.15) is 8.42 Å². The van der Waals surface area contributed by atoms with E-state index in [0.717, 1.165) is 12.7 Å². The first-order valence-corrected chi connectivity index (χ1v) is 13.6. The number of aryl methyl sites for hydroxylation is 1. The molecule has 0 N–H and O–H groups in total. The van der Waals surface area contributed by atoms with Gasteiger partial charge in [-0.15, -0.1) is 0 Å². The lowest BCUT2D eigenvalue weighted by molar-refractivity contribution is -0.976. The van der Waals surface area contributed by atoms with E-state index in [2.05, 4.69) is 35.5 Å². The Morgan fingerprint density at radius 3 is 1.66 bits per heavy atom. The summed E-state index contributed by atoms with van der Waals surface area (Å²) in [5.74, 6) is 0. The van der Waals surface area contributed by atoms with Crippen LogP contribution >= 0.6 is 0 Å². The minimum atomic E-state index is -4.41. The molecule has 3 aromatic carbocycles. The molecule has 188 valence electrons. The van der Waals surface area contributed by atoms with Gasteiger partial charge in [0.05, 0.1) is 19.1 Å². The predicted molar refractivity (Wildman–Crippen MR) is 131 cm³/mol. The van der Waals surface area contributed by atoms with E-state index in [1.165, 1.54) is 11.1 Å². The molecule has 10 heteroatoms. The number of likely N-dealkylation sites (tertiary alicyclic amines) is 1. The van der Waals surface area contributed by atoms with Crippen molar-refractivity contribution in [2.75, 3.05) is 27.2 Å². The lowest BCUT2D eigenvalue weighted by atomic mass is 9.91. The average Bonchev–Trinajstić information content (AvgIpc) is 2.80. The average molecular weight is 520 g/mol. The number of rotatable bonds is 7. The zero-order valence-electron chi connectivity index (χ0n) is 19.8. The molecule has 1 heterocycles. The Morgan fingerprint density at radius 2 is 1.26 bits per heavy atom. The molecule has 1 aliphatic rings. The molecule has 0 bridgehead atoms. The molecule has 0 unspecified atom stereocenters. The Bertz CT molecular complexity index is 1270. The molecular weight excluding hydrogens is 490 g/mol. The highest BCUT2D eigenvalue weighted by Crippen LogP contribution is 2.39. The monoisotopic (exact) mass is 519 g/mol. The van der Waals surface area contributed by atoms with E-state index in [-0.39, 0.29) is 17.0 Å². The molecule has 1 fully saturated rings. The topological polar surface area (TPSA) is 110 Å². The van der Waals surface area contributed by atoms with Crippen LogP contribution in [-0.4, -0.2) is 59.2 Å². The van der Waals surface area contributed by atoms with E-state index < -0.39 is 20.5 Å². The summed E-state index contributed by atoms with van der Waals surface area (Å²) in [5, 5.41) is 0. The highest BCUT2D eigenvalue weighted by atomic mass is 32.3. The third kappa shape index (κ3) is 7.20. The number of hydrogen-bond acceptors (Lipinski definition) is 7. The number of quaternary nitrogens is 1. The molecule has 0 saturated carbocycles. The van der Waals surface area contributed by atoms with Gasteiger partial charge in [-0.3, -0.25) is 8.37 Å². The SMILES string of the molecule is COS(=O)(=O)[O-].Cc1ccc(S(=O)(=O)OC2C[N+](C)(C(c3ccccc3)c3ccccc3)C2)cc1. The van der Waals surface area contributed by atoms with E-state index in [4.69, 9.17) is 4.18 Å². The number of benzene rings is 3. The van der Waals surface area contributed by atoms with Crippen LogP contribution < -0.4 is 0 Å². The fraction of sp³-hybridized carbons (Fsp3) is 0.280. The van der Waals surface area contributed by atoms with Crippen molar-refractivity contribution in [1.82, 2.24) is 0 Å². The summed E-state index contributed by atoms with van der Waals surface area (Å²) >= 11 is 0. The number of nitrogens with zero attached hydrogens (tertiary/aromatic N) is 1. The van der Waals surface area contributed by atoms with Gasteiger partial charge in [0.1, 0.15) is 19.1 Å². The van der Waals surface area contributed by atoms with Crippen molar-refractivity contribution < 1.29 is 34.2 Å². The lowest BCUT2D eigenvalue weighted by Gasteiger charge is -2.51. The summed E-state index contributed by atoms with van der Waals surface area (Å²) in [6.07, 6.45) is -0.318. The first-order chi connectivity index (χ1) is 16.4. The Balaban J connectivity index is 0.000000509. The van der Waals surface area contributed by atoms with Crippen molar-refractivity contribution in [2.45, 2.75) is 24.0 Å². The maximum atomic E-state index is 12.6. The van der Waals surface area contributed by atoms with Crippen LogP contribution in [-0.2, 0) is 28.9 Å². The largest absolute Gasteiger partial charge is 0.726 e. The fourth-order valence-corrected chi connectivity index (χ4v) is 5.33. The van der Waals surface area contributed by atoms with E-state index in [1.54, 1.807) is 24.3 Å². The molecule has 0 spiro atoms. The molecule has 0 amide bonds. The molecule has 0 atom stereocenters. The quantitative estimate of drug-likeness (QED) is 0.204. The van der Waals surface area contributed by atoms with Crippen LogP contribution in [0.5, 0.6) is 0 Å². The summed E-state index contributed by atoms with van der Waals surface area (Å²) in [6.45, 7) is 3.21. The Hall–Kier alpha value is -2.60. The van der Waals surface area contributed by atoms with Gasteiger partial charge in [-0.25, -0.2) is 8.42 Å². The van der Waals surface area contributed by atoms with E-state index >= 15 is 0 Å². The molecule has 4 rings (SSSR count). The van der Waals surface area contributed by atoms with E-state index in [9.17, 15) is 21.4 Å². The van der Waals surface area contributed by atoms with Crippen LogP contribution in [0.4, 0.5) is 0 Å². The molecule has 0 aromatic heterocycles. The summed E-state index contributed by atoms with van der Waals surface area (Å²) in [7, 11) is -5.19. The molecule has 1 aliphatic heterocycles. The molecular formula is C25H29NO7S2. The summed E-state index contributed by atoms with van der Waals surface area (Å²) < 4.78 is 62.6. The molecule has 35 heavy (non-hydrogen) atoms. The van der Waals surface area contributed by atoms with Gasteiger partial charge < -0.3 is 9.04 Å².